The Kier molecular flexibility index (Phi) is 45.8. The zero-order chi connectivity index (χ0) is 107. The second kappa shape index (κ2) is 52.2. The summed E-state index contributed by atoms with van der Waals surface area (Å²) in [5, 5.41) is 112. The maximum Gasteiger partial charge on any atom is 0.471 e. The number of alkyl halides is 3. The molecule has 0 aromatic carbocycles. The van der Waals surface area contributed by atoms with Gasteiger partial charge in [0.1, 0.15) is 84.8 Å². The number of ketones is 2. The Morgan fingerprint density at radius 2 is 0.725 bits per heavy atom. The molecule has 5 aromatic heterocycles. The normalized spacial score (nSPS) is 25.3. The summed E-state index contributed by atoms with van der Waals surface area (Å²) in [5.41, 5.74) is -6.86. The van der Waals surface area contributed by atoms with Crippen LogP contribution in [0.5, 0.6) is 0 Å². The lowest BCUT2D eigenvalue weighted by Gasteiger charge is -2.26. The molecule has 5 fully saturated rings. The molecule has 6 unspecified atom stereocenters. The second-order valence-corrected chi connectivity index (χ2v) is 62.3. The Morgan fingerprint density at radius 1 is 0.451 bits per heavy atom. The average Bonchev–Trinajstić information content (AvgIpc) is 1.63. The fourth-order valence-electron chi connectivity index (χ4n) is 15.0. The number of nitrogens with one attached hydrogen (secondary N) is 8. The fraction of sp³-hybridized carbons (Fsp3) is 0.663. The maximum atomic E-state index is 13.2. The summed E-state index contributed by atoms with van der Waals surface area (Å²) in [6.07, 6.45) is 6.59. The molecule has 44 nitrogen and oxygen atoms in total. The van der Waals surface area contributed by atoms with Crippen LogP contribution in [0.15, 0.2) is 74.1 Å². The van der Waals surface area contributed by atoms with Gasteiger partial charge in [0.15, 0.2) is 35.9 Å². The Morgan fingerprint density at radius 3 is 1.01 bits per heavy atom. The van der Waals surface area contributed by atoms with Gasteiger partial charge in [-0.1, -0.05) is 14.4 Å². The van der Waals surface area contributed by atoms with Gasteiger partial charge in [0.05, 0.1) is 54.7 Å². The number of esters is 1. The predicted molar refractivity (Wildman–Crippen MR) is 548 cm³/mol. The van der Waals surface area contributed by atoms with E-state index in [2.05, 4.69) is 121 Å². The van der Waals surface area contributed by atoms with E-state index >= 15 is 0 Å². The molecular weight excluding hydrogens is 1990 g/mol. The van der Waals surface area contributed by atoms with Gasteiger partial charge in [-0.3, -0.25) is 95.7 Å². The van der Waals surface area contributed by atoms with E-state index in [1.54, 1.807) is 14.0 Å². The van der Waals surface area contributed by atoms with Crippen LogP contribution in [0.1, 0.15) is 147 Å². The van der Waals surface area contributed by atoms with E-state index < -0.39 is 250 Å². The van der Waals surface area contributed by atoms with Gasteiger partial charge in [-0.05, 0) is 190 Å². The van der Waals surface area contributed by atoms with Crippen LogP contribution >= 0.6 is 46.6 Å². The van der Waals surface area contributed by atoms with Crippen molar-refractivity contribution in [3.63, 3.8) is 0 Å². The Balaban J connectivity index is 0.000000315. The highest BCUT2D eigenvalue weighted by Gasteiger charge is 2.50. The number of amides is 2. The van der Waals surface area contributed by atoms with Gasteiger partial charge < -0.3 is 100 Å². The number of Topliss-reactive ketones (excluding diaryl/α,β-unsaturated/α-hetero) is 2. The zero-order valence-corrected chi connectivity index (χ0v) is 88.0. The van der Waals surface area contributed by atoms with E-state index in [0.29, 0.717) is 43.8 Å². The first-order chi connectivity index (χ1) is 64.7. The number of rotatable bonds is 35. The van der Waals surface area contributed by atoms with Crippen LogP contribution in [0.4, 0.5) is 13.2 Å². The SMILES string of the molecule is C.C=P(C)(C)CC[C@H]1O[C@@H](n2cc(CC(C)C(C)=O)c(=O)[nH]c2=O)C(O)[C@@H]1O.C=P(C)(C)CC[C@H]1O[C@@H](n2cc(CN(CC(=O)OC(C)(C)C)C(=O)C(F)(F)F)c(=O)[nH]c2=O)C(O)[C@@H]1O.C=P(C)(C)CC[C@H]1O[C@@H](n2cc(CNC(C)=O)c(=O)[nH]c2=S)C(O)[C@@H]1O.C=P(C)(C)CC[C@H]1O[C@@H](n2cc(CNC)c(=O)[nH]c2=O)C(O)[C@@H]1O.C=P(C)(C)CC[C@H]1O[C@@H](n2cc(CNCC(C)=O)c(=O)[nH]c2=O)C(O)[C@@H]1O. The lowest BCUT2D eigenvalue weighted by atomic mass is 10.00. The smallest absolute Gasteiger partial charge is 0.459 e. The van der Waals surface area contributed by atoms with E-state index in [0.717, 1.165) is 49.1 Å². The van der Waals surface area contributed by atoms with E-state index in [1.165, 1.54) is 70.9 Å². The third-order valence-electron chi connectivity index (χ3n) is 22.8. The summed E-state index contributed by atoms with van der Waals surface area (Å²) in [6.45, 7) is 22.5. The van der Waals surface area contributed by atoms with Gasteiger partial charge in [-0.2, -0.15) is 13.2 Å². The number of nitrogens with zero attached hydrogens (tertiary/aromatic N) is 6. The van der Waals surface area contributed by atoms with Crippen molar-refractivity contribution in [3.05, 3.63) is 157 Å². The summed E-state index contributed by atoms with van der Waals surface area (Å²) >= 11 is 5.17. The van der Waals surface area contributed by atoms with Crippen molar-refractivity contribution < 1.29 is 117 Å². The number of ether oxygens (including phenoxy) is 6. The van der Waals surface area contributed by atoms with Crippen molar-refractivity contribution in [1.29, 1.82) is 0 Å². The quantitative estimate of drug-likeness (QED) is 0.0136. The number of carbonyl (C=O) groups is 5. The highest BCUT2D eigenvalue weighted by Crippen LogP contribution is 2.45. The largest absolute Gasteiger partial charge is 0.471 e. The van der Waals surface area contributed by atoms with Gasteiger partial charge in [-0.25, -0.2) is 19.2 Å². The molecule has 5 saturated heterocycles. The first kappa shape index (κ1) is 125. The van der Waals surface area contributed by atoms with E-state index in [4.69, 9.17) is 40.6 Å². The van der Waals surface area contributed by atoms with Gasteiger partial charge in [0.2, 0.25) is 5.91 Å². The molecule has 10 heterocycles. The number of H-pyrrole nitrogens is 5. The Labute approximate surface area is 824 Å². The molecule has 804 valence electrons. The minimum Gasteiger partial charge on any atom is -0.459 e. The van der Waals surface area contributed by atoms with Crippen LogP contribution in [0, 0.1) is 10.7 Å². The molecule has 53 heteroatoms. The van der Waals surface area contributed by atoms with E-state index in [-0.39, 0.29) is 89.8 Å². The van der Waals surface area contributed by atoms with E-state index in [1.807, 2.05) is 18.3 Å². The second-order valence-electron chi connectivity index (χ2n) is 40.3. The third-order valence-corrected chi connectivity index (χ3v) is 30.5. The molecule has 2 amide bonds. The number of aromatic nitrogens is 10. The van der Waals surface area contributed by atoms with Crippen LogP contribution in [0.2, 0.25) is 0 Å². The standard InChI is InChI=1S/C22H33F3N3O8P.C18H29N2O6P.C17H28N3O6P.C16H26N3O5PS.C15H26N3O5P.CH4/c1-21(2,3)36-14(29)11-27(19(33)22(23,24)25)9-12-10-28(20(34)26-17(12)32)18-16(31)15(30)13(35-18)7-8-37(4,5)6;1-10(11(2)21)8-12-9-20(18(25)19-16(12)24)17-15(23)14(22)13(26-17)6-7-27(3,4)5;1-10(21)7-18-8-11-9-20(17(25)19-15(11)24)16-14(23)13(22)12(26-16)5-6-27(2,3)4;1-9(20)17-7-10-8-19(16(26)18-14(10)23)15-13(22)12(21)11(24-15)5-6-25(2,3)4;1-16-7-9-8-18(15(22)17-13(9)21)14-12(20)11(19)10(23-14)5-6-24(2,3)4;/h10,13,15-16,18,30-31H,4,7-9,11H2,1-3,5-6H3,(H,26,32,34);9-10,13-15,17,22-23H,3,6-8H2,1-2,4-5H3,(H,19,24,25);9,12-14,16,18,22-23H,2,5-8H2,1,3-4H3,(H,19,24,25);8,11-13,15,21-22H,2,5-7H2,1,3-4H3,(H,17,20)(H,18,23,26);8,10-12,14,16,19-20H,2,5-7H2,1,3-4H3,(H,17,21,22);1H4/t13-,15-,16?,18-;10?,13-,14-,15?,17-;12-,13-,14?,16-;11-,12-,13?,15-;10-,11-,12?,14-;/m11111./s1. The number of aromatic amines is 5. The van der Waals surface area contributed by atoms with Crippen LogP contribution in [0.25, 0.3) is 0 Å². The van der Waals surface area contributed by atoms with Crippen molar-refractivity contribution in [2.75, 3.05) is 118 Å². The molecule has 0 bridgehead atoms. The highest BCUT2D eigenvalue weighted by molar-refractivity contribution is 7.73. The minimum atomic E-state index is -5.37. The van der Waals surface area contributed by atoms with E-state index in [9.17, 15) is 131 Å². The summed E-state index contributed by atoms with van der Waals surface area (Å²) in [5.74, 6) is -4.36. The summed E-state index contributed by atoms with van der Waals surface area (Å²) in [4.78, 5) is 178. The number of carbonyl (C=O) groups excluding carboxylic acids is 5. The molecule has 5 aromatic rings. The molecule has 18 N–H and O–H groups in total. The molecule has 0 radical (unpaired) electrons. The number of hydrogen-bond donors (Lipinski definition) is 18. The van der Waals surface area contributed by atoms with Crippen LogP contribution in [-0.2, 0) is 85.0 Å². The number of halogens is 3. The summed E-state index contributed by atoms with van der Waals surface area (Å²) < 4.78 is 78.8. The van der Waals surface area contributed by atoms with Gasteiger partial charge in [-0.15, -0.1) is 65.9 Å². The Hall–Kier alpha value is -7.82. The zero-order valence-electron chi connectivity index (χ0n) is 82.7. The first-order valence-electron chi connectivity index (χ1n) is 45.1. The lowest BCUT2D eigenvalue weighted by molar-refractivity contribution is -0.188. The van der Waals surface area contributed by atoms with Gasteiger partial charge in [0.25, 0.3) is 27.8 Å². The van der Waals surface area contributed by atoms with Crippen molar-refractivity contribution in [2.45, 2.75) is 255 Å². The Bertz CT molecular complexity index is 6120. The van der Waals surface area contributed by atoms with Gasteiger partial charge in [0, 0.05) is 80.2 Å². The van der Waals surface area contributed by atoms with Crippen molar-refractivity contribution in [1.82, 2.24) is 68.6 Å². The lowest BCUT2D eigenvalue weighted by Crippen LogP contribution is -2.46. The average molecular weight is 2140 g/mol. The molecule has 0 aliphatic carbocycles. The third kappa shape index (κ3) is 37.2. The summed E-state index contributed by atoms with van der Waals surface area (Å²) in [7, 11) is 1.68. The molecule has 0 spiro atoms. The minimum absolute atomic E-state index is 0. The number of aliphatic hydroxyl groups is 10. The number of aliphatic hydroxyl groups excluding tert-OH is 10. The van der Waals surface area contributed by atoms with Crippen LogP contribution in [0.3, 0.4) is 0 Å². The predicted octanol–water partition coefficient (Wildman–Crippen LogP) is -0.685. The molecule has 142 heavy (non-hydrogen) atoms. The van der Waals surface area contributed by atoms with Crippen LogP contribution in [-0.4, -0.2) is 385 Å². The van der Waals surface area contributed by atoms with Gasteiger partial charge >= 0.3 is 40.8 Å². The highest BCUT2D eigenvalue weighted by atomic mass is 32.1. The summed E-state index contributed by atoms with van der Waals surface area (Å²) in [6, 6.07) is 0. The molecule has 0 saturated carbocycles. The van der Waals surface area contributed by atoms with Crippen molar-refractivity contribution in [3.8, 4) is 0 Å². The topological polar surface area (TPSA) is 640 Å². The molecular formula is C89H146F3N14O30P5S. The monoisotopic (exact) mass is 2130 g/mol. The van der Waals surface area contributed by atoms with Crippen molar-refractivity contribution in [2.24, 2.45) is 5.92 Å². The fourth-order valence-corrected chi connectivity index (χ4v) is 20.0. The van der Waals surface area contributed by atoms with Crippen LogP contribution < -0.4 is 66.5 Å². The maximum absolute atomic E-state index is 13.2. The first-order valence-corrected chi connectivity index (χ1v) is 60.7. The molecule has 5 aliphatic rings. The van der Waals surface area contributed by atoms with Crippen molar-refractivity contribution >= 4 is 107 Å². The molecule has 5 aliphatic heterocycles. The number of hydrogen-bond acceptors (Lipinski definition) is 33. The molecule has 21 atom stereocenters. The molecule has 10 rings (SSSR count).